The zero-order chi connectivity index (χ0) is 17.0. The van der Waals surface area contributed by atoms with E-state index in [9.17, 15) is 9.90 Å². The Balaban J connectivity index is 1.90. The fraction of sp³-hybridized carbons (Fsp3) is 0.500. The third-order valence-corrected chi connectivity index (χ3v) is 5.40. The van der Waals surface area contributed by atoms with Gasteiger partial charge in [-0.05, 0) is 31.2 Å². The highest BCUT2D eigenvalue weighted by molar-refractivity contribution is 5.94. The van der Waals surface area contributed by atoms with Crippen molar-refractivity contribution in [3.63, 3.8) is 0 Å². The molecule has 0 radical (unpaired) electrons. The molecule has 1 saturated heterocycles. The van der Waals surface area contributed by atoms with E-state index in [1.807, 2.05) is 12.1 Å². The SMILES string of the molecule is COc1cc2c(cc1OC)[C@@H]1[C@H](OC2=O)[C@@H](O)C=C2CCN(C)[C@H]21. The van der Waals surface area contributed by atoms with E-state index in [0.29, 0.717) is 17.1 Å². The first-order valence-corrected chi connectivity index (χ1v) is 8.11. The summed E-state index contributed by atoms with van der Waals surface area (Å²) in [6, 6.07) is 3.66. The number of benzene rings is 1. The Morgan fingerprint density at radius 2 is 1.96 bits per heavy atom. The normalized spacial score (nSPS) is 31.5. The molecule has 1 aromatic carbocycles. The summed E-state index contributed by atoms with van der Waals surface area (Å²) < 4.78 is 16.3. The van der Waals surface area contributed by atoms with Gasteiger partial charge in [0, 0.05) is 18.5 Å². The molecule has 24 heavy (non-hydrogen) atoms. The third kappa shape index (κ3) is 2.06. The van der Waals surface area contributed by atoms with Gasteiger partial charge in [0.05, 0.1) is 19.8 Å². The predicted molar refractivity (Wildman–Crippen MR) is 86.6 cm³/mol. The number of aliphatic hydroxyl groups excluding tert-OH is 1. The van der Waals surface area contributed by atoms with Gasteiger partial charge in [0.2, 0.25) is 0 Å². The molecule has 1 N–H and O–H groups in total. The van der Waals surface area contributed by atoms with Crippen molar-refractivity contribution < 1.29 is 24.1 Å². The van der Waals surface area contributed by atoms with Gasteiger partial charge in [-0.25, -0.2) is 4.79 Å². The Hall–Kier alpha value is -2.05. The number of methoxy groups -OCH3 is 2. The zero-order valence-corrected chi connectivity index (χ0v) is 14.0. The molecule has 6 heteroatoms. The van der Waals surface area contributed by atoms with Crippen molar-refractivity contribution in [1.29, 1.82) is 0 Å². The van der Waals surface area contributed by atoms with E-state index >= 15 is 0 Å². The molecule has 0 amide bonds. The van der Waals surface area contributed by atoms with Crippen molar-refractivity contribution in [2.75, 3.05) is 27.8 Å². The minimum Gasteiger partial charge on any atom is -0.493 e. The fourth-order valence-corrected chi connectivity index (χ4v) is 4.29. The molecule has 4 rings (SSSR count). The van der Waals surface area contributed by atoms with Gasteiger partial charge in [-0.1, -0.05) is 11.6 Å². The number of hydrogen-bond donors (Lipinski definition) is 1. The smallest absolute Gasteiger partial charge is 0.338 e. The second kappa shape index (κ2) is 5.50. The molecule has 1 aliphatic carbocycles. The highest BCUT2D eigenvalue weighted by Gasteiger charge is 2.50. The largest absolute Gasteiger partial charge is 0.493 e. The van der Waals surface area contributed by atoms with E-state index in [-0.39, 0.29) is 12.0 Å². The molecule has 3 aliphatic rings. The lowest BCUT2D eigenvalue weighted by molar-refractivity contribution is -0.0337. The molecule has 0 bridgehead atoms. The first-order valence-electron chi connectivity index (χ1n) is 8.11. The summed E-state index contributed by atoms with van der Waals surface area (Å²) in [6.45, 7) is 0.934. The summed E-state index contributed by atoms with van der Waals surface area (Å²) in [4.78, 5) is 14.7. The average Bonchev–Trinajstić information content (AvgIpc) is 2.94. The van der Waals surface area contributed by atoms with Crippen molar-refractivity contribution in [1.82, 2.24) is 4.90 Å². The van der Waals surface area contributed by atoms with Crippen LogP contribution in [0, 0.1) is 0 Å². The second-order valence-electron chi connectivity index (χ2n) is 6.60. The quantitative estimate of drug-likeness (QED) is 0.651. The van der Waals surface area contributed by atoms with Gasteiger partial charge in [-0.2, -0.15) is 0 Å². The van der Waals surface area contributed by atoms with Crippen LogP contribution < -0.4 is 9.47 Å². The lowest BCUT2D eigenvalue weighted by Gasteiger charge is -2.43. The van der Waals surface area contributed by atoms with Crippen LogP contribution in [0.2, 0.25) is 0 Å². The number of ether oxygens (including phenoxy) is 3. The molecule has 2 aliphatic heterocycles. The molecule has 128 valence electrons. The lowest BCUT2D eigenvalue weighted by atomic mass is 9.73. The summed E-state index contributed by atoms with van der Waals surface area (Å²) in [6.07, 6.45) is 1.43. The van der Waals surface area contributed by atoms with Gasteiger partial charge >= 0.3 is 5.97 Å². The number of nitrogens with zero attached hydrogens (tertiary/aromatic N) is 1. The topological polar surface area (TPSA) is 68.2 Å². The number of esters is 1. The van der Waals surface area contributed by atoms with Crippen molar-refractivity contribution in [2.24, 2.45) is 0 Å². The lowest BCUT2D eigenvalue weighted by Crippen LogP contribution is -2.50. The first kappa shape index (κ1) is 15.5. The Bertz CT molecular complexity index is 728. The number of carbonyl (C=O) groups is 1. The fourth-order valence-electron chi connectivity index (χ4n) is 4.29. The number of hydrogen-bond acceptors (Lipinski definition) is 6. The first-order chi connectivity index (χ1) is 11.5. The Labute approximate surface area is 140 Å². The summed E-state index contributed by atoms with van der Waals surface area (Å²) in [5, 5.41) is 10.5. The van der Waals surface area contributed by atoms with Gasteiger partial charge < -0.3 is 19.3 Å². The highest BCUT2D eigenvalue weighted by atomic mass is 16.6. The van der Waals surface area contributed by atoms with Gasteiger partial charge in [-0.15, -0.1) is 0 Å². The van der Waals surface area contributed by atoms with Crippen LogP contribution in [-0.4, -0.2) is 62.0 Å². The number of rotatable bonds is 2. The summed E-state index contributed by atoms with van der Waals surface area (Å²) >= 11 is 0. The van der Waals surface area contributed by atoms with Crippen LogP contribution in [0.5, 0.6) is 11.5 Å². The summed E-state index contributed by atoms with van der Waals surface area (Å²) in [7, 11) is 5.18. The van der Waals surface area contributed by atoms with Crippen molar-refractivity contribution in [3.05, 3.63) is 34.9 Å². The molecule has 0 unspecified atom stereocenters. The minimum atomic E-state index is -0.780. The molecule has 4 atom stereocenters. The zero-order valence-electron chi connectivity index (χ0n) is 14.0. The molecule has 6 nitrogen and oxygen atoms in total. The Morgan fingerprint density at radius 1 is 1.25 bits per heavy atom. The van der Waals surface area contributed by atoms with E-state index in [2.05, 4.69) is 11.9 Å². The molecular formula is C18H21NO5. The van der Waals surface area contributed by atoms with Crippen LogP contribution >= 0.6 is 0 Å². The Morgan fingerprint density at radius 3 is 2.67 bits per heavy atom. The van der Waals surface area contributed by atoms with E-state index in [1.165, 1.54) is 12.7 Å². The van der Waals surface area contributed by atoms with Crippen molar-refractivity contribution in [2.45, 2.75) is 30.6 Å². The summed E-state index contributed by atoms with van der Waals surface area (Å²) in [5.41, 5.74) is 2.56. The molecular weight excluding hydrogens is 310 g/mol. The maximum atomic E-state index is 12.5. The van der Waals surface area contributed by atoms with Gasteiger partial charge in [0.15, 0.2) is 11.5 Å². The second-order valence-corrected chi connectivity index (χ2v) is 6.60. The Kier molecular flexibility index (Phi) is 3.54. The van der Waals surface area contributed by atoms with Gasteiger partial charge in [-0.3, -0.25) is 4.90 Å². The van der Waals surface area contributed by atoms with Crippen molar-refractivity contribution >= 4 is 5.97 Å². The van der Waals surface area contributed by atoms with Crippen LogP contribution in [0.4, 0.5) is 0 Å². The number of aliphatic hydroxyl groups is 1. The van der Waals surface area contributed by atoms with E-state index in [0.717, 1.165) is 18.5 Å². The monoisotopic (exact) mass is 331 g/mol. The molecule has 1 fully saturated rings. The molecule has 2 heterocycles. The number of carbonyl (C=O) groups excluding carboxylic acids is 1. The standard InChI is InChI=1S/C18H21NO5/c1-19-5-4-9-6-12(20)17-15(16(9)19)10-7-13(22-2)14(23-3)8-11(10)18(21)24-17/h6-8,12,15-17,20H,4-5H2,1-3H3/t12-,15-,16+,17+/m0/s1. The predicted octanol–water partition coefficient (Wildman–Crippen LogP) is 1.33. The van der Waals surface area contributed by atoms with E-state index in [4.69, 9.17) is 14.2 Å². The molecule has 0 saturated carbocycles. The maximum absolute atomic E-state index is 12.5. The average molecular weight is 331 g/mol. The number of likely N-dealkylation sites (N-methyl/N-ethyl adjacent to an activating group) is 1. The van der Waals surface area contributed by atoms with Crippen LogP contribution in [0.15, 0.2) is 23.8 Å². The minimum absolute atomic E-state index is 0.111. The molecule has 0 aromatic heterocycles. The van der Waals surface area contributed by atoms with Crippen LogP contribution in [0.25, 0.3) is 0 Å². The number of likely N-dealkylation sites (tertiary alicyclic amines) is 1. The van der Waals surface area contributed by atoms with Gasteiger partial charge in [0.1, 0.15) is 12.2 Å². The van der Waals surface area contributed by atoms with Gasteiger partial charge in [0.25, 0.3) is 0 Å². The van der Waals surface area contributed by atoms with Crippen LogP contribution in [0.1, 0.15) is 28.3 Å². The summed E-state index contributed by atoms with van der Waals surface area (Å²) in [5.74, 6) is 0.540. The highest BCUT2D eigenvalue weighted by Crippen LogP contribution is 2.48. The van der Waals surface area contributed by atoms with Crippen molar-refractivity contribution in [3.8, 4) is 11.5 Å². The van der Waals surface area contributed by atoms with E-state index < -0.39 is 18.2 Å². The molecule has 0 spiro atoms. The number of fused-ring (bicyclic) bond motifs is 5. The maximum Gasteiger partial charge on any atom is 0.338 e. The van der Waals surface area contributed by atoms with Crippen LogP contribution in [0.3, 0.4) is 0 Å². The third-order valence-electron chi connectivity index (χ3n) is 5.40. The molecule has 1 aromatic rings. The van der Waals surface area contributed by atoms with E-state index in [1.54, 1.807) is 13.2 Å². The van der Waals surface area contributed by atoms with Crippen LogP contribution in [-0.2, 0) is 4.74 Å².